The molecule has 0 amide bonds. The molecule has 0 aliphatic carbocycles. The summed E-state index contributed by atoms with van der Waals surface area (Å²) in [5.41, 5.74) is 1.43. The minimum absolute atomic E-state index is 0.187. The normalized spacial score (nSPS) is 20.2. The quantitative estimate of drug-likeness (QED) is 0.887. The maximum Gasteiger partial charge on any atom is 0.121 e. The Hall–Kier alpha value is -1.73. The number of hydrogen-bond acceptors (Lipinski definition) is 4. The lowest BCUT2D eigenvalue weighted by molar-refractivity contribution is 0.0996. The Bertz CT molecular complexity index is 448. The van der Waals surface area contributed by atoms with E-state index in [9.17, 15) is 0 Å². The maximum atomic E-state index is 9.10. The number of nitrogens with one attached hydrogen (secondary N) is 1. The zero-order valence-corrected chi connectivity index (χ0v) is 10.8. The van der Waals surface area contributed by atoms with Gasteiger partial charge in [0, 0.05) is 18.7 Å². The van der Waals surface area contributed by atoms with Gasteiger partial charge in [0.05, 0.1) is 24.5 Å². The molecule has 4 heteroatoms. The van der Waals surface area contributed by atoms with Crippen molar-refractivity contribution in [2.45, 2.75) is 31.9 Å². The average Bonchev–Trinajstić information content (AvgIpc) is 2.92. The fourth-order valence-corrected chi connectivity index (χ4v) is 2.20. The van der Waals surface area contributed by atoms with Crippen LogP contribution in [0.25, 0.3) is 0 Å². The molecule has 4 nitrogen and oxygen atoms in total. The van der Waals surface area contributed by atoms with Gasteiger partial charge >= 0.3 is 0 Å². The van der Waals surface area contributed by atoms with Crippen LogP contribution in [0.1, 0.15) is 25.3 Å². The minimum Gasteiger partial charge on any atom is -0.497 e. The Kier molecular flexibility index (Phi) is 4.06. The summed E-state index contributed by atoms with van der Waals surface area (Å²) < 4.78 is 10.8. The number of hydrogen-bond donors (Lipinski definition) is 1. The topological polar surface area (TPSA) is 54.3 Å². The smallest absolute Gasteiger partial charge is 0.121 e. The number of benzene rings is 1. The van der Waals surface area contributed by atoms with E-state index in [0.29, 0.717) is 5.56 Å². The predicted molar refractivity (Wildman–Crippen MR) is 69.8 cm³/mol. The van der Waals surface area contributed by atoms with Crippen molar-refractivity contribution < 1.29 is 9.47 Å². The molecule has 1 aromatic rings. The van der Waals surface area contributed by atoms with Crippen LogP contribution in [0.2, 0.25) is 0 Å². The summed E-state index contributed by atoms with van der Waals surface area (Å²) in [6.07, 6.45) is 2.41. The van der Waals surface area contributed by atoms with Gasteiger partial charge in [-0.1, -0.05) is 0 Å². The lowest BCUT2D eigenvalue weighted by Gasteiger charge is -2.22. The molecule has 0 saturated carbocycles. The van der Waals surface area contributed by atoms with Crippen molar-refractivity contribution in [1.29, 1.82) is 5.26 Å². The Morgan fingerprint density at radius 2 is 2.39 bits per heavy atom. The van der Waals surface area contributed by atoms with Crippen LogP contribution < -0.4 is 10.1 Å². The molecule has 2 unspecified atom stereocenters. The number of methoxy groups -OCH3 is 1. The first kappa shape index (κ1) is 12.7. The molecule has 0 spiro atoms. The number of anilines is 1. The molecule has 2 atom stereocenters. The van der Waals surface area contributed by atoms with Crippen LogP contribution in [-0.2, 0) is 4.74 Å². The van der Waals surface area contributed by atoms with Crippen molar-refractivity contribution in [2.24, 2.45) is 0 Å². The van der Waals surface area contributed by atoms with E-state index >= 15 is 0 Å². The SMILES string of the molecule is COc1ccc(C#N)c(NC(C)C2CCCO2)c1. The lowest BCUT2D eigenvalue weighted by Crippen LogP contribution is -2.30. The Labute approximate surface area is 108 Å². The fraction of sp³-hybridized carbons (Fsp3) is 0.500. The molecule has 1 aromatic carbocycles. The summed E-state index contributed by atoms with van der Waals surface area (Å²) in [6.45, 7) is 2.91. The van der Waals surface area contributed by atoms with Crippen molar-refractivity contribution in [3.8, 4) is 11.8 Å². The number of nitrogens with zero attached hydrogens (tertiary/aromatic N) is 1. The molecular weight excluding hydrogens is 228 g/mol. The highest BCUT2D eigenvalue weighted by molar-refractivity contribution is 5.60. The second-order valence-electron chi connectivity index (χ2n) is 4.51. The van der Waals surface area contributed by atoms with Crippen LogP contribution in [0.5, 0.6) is 5.75 Å². The standard InChI is InChI=1S/C14H18N2O2/c1-10(14-4-3-7-18-14)16-13-8-12(17-2)6-5-11(13)9-15/h5-6,8,10,14,16H,3-4,7H2,1-2H3. The molecule has 1 fully saturated rings. The third-order valence-electron chi connectivity index (χ3n) is 3.25. The van der Waals surface area contributed by atoms with E-state index in [0.717, 1.165) is 30.9 Å². The average molecular weight is 246 g/mol. The molecule has 1 aliphatic rings. The Balaban J connectivity index is 2.13. The van der Waals surface area contributed by atoms with Gasteiger partial charge in [-0.05, 0) is 31.9 Å². The van der Waals surface area contributed by atoms with Crippen LogP contribution in [-0.4, -0.2) is 25.9 Å². The van der Waals surface area contributed by atoms with Crippen LogP contribution in [0.4, 0.5) is 5.69 Å². The third kappa shape index (κ3) is 2.74. The first-order chi connectivity index (χ1) is 8.74. The summed E-state index contributed by atoms with van der Waals surface area (Å²) in [5, 5.41) is 12.4. The molecule has 0 bridgehead atoms. The van der Waals surface area contributed by atoms with E-state index < -0.39 is 0 Å². The van der Waals surface area contributed by atoms with Crippen LogP contribution in [0.15, 0.2) is 18.2 Å². The monoisotopic (exact) mass is 246 g/mol. The third-order valence-corrected chi connectivity index (χ3v) is 3.25. The molecular formula is C14H18N2O2. The van der Waals surface area contributed by atoms with E-state index in [-0.39, 0.29) is 12.1 Å². The first-order valence-corrected chi connectivity index (χ1v) is 6.21. The Morgan fingerprint density at radius 1 is 1.56 bits per heavy atom. The van der Waals surface area contributed by atoms with Gasteiger partial charge in [0.15, 0.2) is 0 Å². The first-order valence-electron chi connectivity index (χ1n) is 6.21. The van der Waals surface area contributed by atoms with E-state index in [1.54, 1.807) is 19.2 Å². The summed E-state index contributed by atoms with van der Waals surface area (Å²) in [6, 6.07) is 7.78. The van der Waals surface area contributed by atoms with Crippen LogP contribution in [0.3, 0.4) is 0 Å². The highest BCUT2D eigenvalue weighted by Gasteiger charge is 2.22. The lowest BCUT2D eigenvalue weighted by atomic mass is 10.1. The van der Waals surface area contributed by atoms with Gasteiger partial charge < -0.3 is 14.8 Å². The maximum absolute atomic E-state index is 9.10. The highest BCUT2D eigenvalue weighted by Crippen LogP contribution is 2.25. The summed E-state index contributed by atoms with van der Waals surface area (Å²) in [5.74, 6) is 0.746. The van der Waals surface area contributed by atoms with Crippen molar-refractivity contribution in [3.05, 3.63) is 23.8 Å². The zero-order valence-electron chi connectivity index (χ0n) is 10.8. The number of rotatable bonds is 4. The molecule has 1 aliphatic heterocycles. The zero-order chi connectivity index (χ0) is 13.0. The molecule has 0 aromatic heterocycles. The van der Waals surface area contributed by atoms with Gasteiger partial charge in [-0.3, -0.25) is 0 Å². The molecule has 2 rings (SSSR count). The van der Waals surface area contributed by atoms with E-state index in [1.165, 1.54) is 0 Å². The minimum atomic E-state index is 0.187. The molecule has 1 saturated heterocycles. The molecule has 96 valence electrons. The van der Waals surface area contributed by atoms with Gasteiger partial charge in [0.1, 0.15) is 11.8 Å². The fourth-order valence-electron chi connectivity index (χ4n) is 2.20. The van der Waals surface area contributed by atoms with Gasteiger partial charge in [-0.25, -0.2) is 0 Å². The highest BCUT2D eigenvalue weighted by atomic mass is 16.5. The predicted octanol–water partition coefficient (Wildman–Crippen LogP) is 2.55. The number of nitriles is 1. The Morgan fingerprint density at radius 3 is 3.00 bits per heavy atom. The second kappa shape index (κ2) is 5.74. The summed E-state index contributed by atoms with van der Waals surface area (Å²) >= 11 is 0. The van der Waals surface area contributed by atoms with Gasteiger partial charge in [-0.15, -0.1) is 0 Å². The molecule has 1 heterocycles. The van der Waals surface area contributed by atoms with E-state index in [2.05, 4.69) is 18.3 Å². The number of ether oxygens (including phenoxy) is 2. The van der Waals surface area contributed by atoms with Crippen LogP contribution in [0, 0.1) is 11.3 Å². The van der Waals surface area contributed by atoms with Crippen LogP contribution >= 0.6 is 0 Å². The summed E-state index contributed by atoms with van der Waals surface area (Å²) in [7, 11) is 1.62. The van der Waals surface area contributed by atoms with Crippen molar-refractivity contribution in [1.82, 2.24) is 0 Å². The van der Waals surface area contributed by atoms with Crippen molar-refractivity contribution in [2.75, 3.05) is 19.0 Å². The second-order valence-corrected chi connectivity index (χ2v) is 4.51. The largest absolute Gasteiger partial charge is 0.497 e. The molecule has 1 N–H and O–H groups in total. The molecule has 18 heavy (non-hydrogen) atoms. The van der Waals surface area contributed by atoms with Gasteiger partial charge in [0.25, 0.3) is 0 Å². The summed E-state index contributed by atoms with van der Waals surface area (Å²) in [4.78, 5) is 0. The van der Waals surface area contributed by atoms with E-state index in [4.69, 9.17) is 14.7 Å². The van der Waals surface area contributed by atoms with Gasteiger partial charge in [0.2, 0.25) is 0 Å². The van der Waals surface area contributed by atoms with Crippen molar-refractivity contribution >= 4 is 5.69 Å². The van der Waals surface area contributed by atoms with E-state index in [1.807, 2.05) is 6.07 Å². The molecule has 0 radical (unpaired) electrons. The van der Waals surface area contributed by atoms with Crippen molar-refractivity contribution in [3.63, 3.8) is 0 Å². The van der Waals surface area contributed by atoms with Gasteiger partial charge in [-0.2, -0.15) is 5.26 Å².